The molecule has 2 N–H and O–H groups in total. The molecule has 172 valence electrons. The normalized spacial score (nSPS) is 16.6. The number of nitrogens with zero attached hydrogens (tertiary/aromatic N) is 1. The van der Waals surface area contributed by atoms with Crippen LogP contribution in [0, 0.1) is 0 Å². The first-order chi connectivity index (χ1) is 16.0. The monoisotopic (exact) mass is 464 g/mol. The number of benzene rings is 3. The molecule has 0 spiro atoms. The van der Waals surface area contributed by atoms with Crippen molar-refractivity contribution in [2.75, 3.05) is 20.8 Å². The lowest BCUT2D eigenvalue weighted by molar-refractivity contribution is -0.124. The quantitative estimate of drug-likeness (QED) is 0.502. The summed E-state index contributed by atoms with van der Waals surface area (Å²) >= 11 is 6.07. The first-order valence-corrected chi connectivity index (χ1v) is 11.5. The zero-order valence-electron chi connectivity index (χ0n) is 19.0. The van der Waals surface area contributed by atoms with Crippen LogP contribution in [-0.2, 0) is 17.6 Å². The minimum absolute atomic E-state index is 0.0121. The number of aryl methyl sites for hydroxylation is 1. The summed E-state index contributed by atoms with van der Waals surface area (Å²) in [5.41, 5.74) is 10.4. The molecule has 0 saturated carbocycles. The predicted molar refractivity (Wildman–Crippen MR) is 131 cm³/mol. The van der Waals surface area contributed by atoms with Crippen LogP contribution < -0.4 is 15.2 Å². The maximum absolute atomic E-state index is 12.7. The molecule has 2 unspecified atom stereocenters. The summed E-state index contributed by atoms with van der Waals surface area (Å²) in [5, 5.41) is 0.720. The van der Waals surface area contributed by atoms with Crippen LogP contribution in [0.15, 0.2) is 66.7 Å². The maximum atomic E-state index is 12.7. The van der Waals surface area contributed by atoms with Crippen molar-refractivity contribution in [1.29, 1.82) is 0 Å². The summed E-state index contributed by atoms with van der Waals surface area (Å²) in [4.78, 5) is 15.0. The van der Waals surface area contributed by atoms with E-state index >= 15 is 0 Å². The van der Waals surface area contributed by atoms with E-state index < -0.39 is 6.04 Å². The second kappa shape index (κ2) is 10.3. The number of amides is 1. The van der Waals surface area contributed by atoms with Gasteiger partial charge in [0.25, 0.3) is 0 Å². The van der Waals surface area contributed by atoms with E-state index in [9.17, 15) is 4.79 Å². The van der Waals surface area contributed by atoms with Gasteiger partial charge in [-0.15, -0.1) is 0 Å². The van der Waals surface area contributed by atoms with Gasteiger partial charge < -0.3 is 15.2 Å². The number of hydrogen-bond donors (Lipinski definition) is 1. The Hall–Kier alpha value is -3.02. The molecule has 1 aliphatic rings. The molecule has 0 saturated heterocycles. The van der Waals surface area contributed by atoms with Crippen molar-refractivity contribution < 1.29 is 14.3 Å². The average Bonchev–Trinajstić information content (AvgIpc) is 2.84. The number of halogens is 1. The largest absolute Gasteiger partial charge is 0.493 e. The number of primary amides is 1. The van der Waals surface area contributed by atoms with Gasteiger partial charge in [0, 0.05) is 17.6 Å². The van der Waals surface area contributed by atoms with Crippen LogP contribution in [0.5, 0.6) is 11.5 Å². The molecular formula is C27H29ClN2O3. The molecule has 33 heavy (non-hydrogen) atoms. The molecule has 0 fully saturated rings. The van der Waals surface area contributed by atoms with Gasteiger partial charge in [0.15, 0.2) is 11.5 Å². The van der Waals surface area contributed by atoms with Crippen molar-refractivity contribution in [2.24, 2.45) is 5.73 Å². The third-order valence-electron chi connectivity index (χ3n) is 6.38. The van der Waals surface area contributed by atoms with E-state index in [4.69, 9.17) is 26.8 Å². The van der Waals surface area contributed by atoms with Crippen LogP contribution in [0.4, 0.5) is 0 Å². The van der Waals surface area contributed by atoms with E-state index in [0.717, 1.165) is 47.7 Å². The summed E-state index contributed by atoms with van der Waals surface area (Å²) in [6.45, 7) is 0.719. The van der Waals surface area contributed by atoms with Crippen molar-refractivity contribution in [3.05, 3.63) is 94.0 Å². The molecule has 6 heteroatoms. The molecule has 0 bridgehead atoms. The fraction of sp³-hybridized carbons (Fsp3) is 0.296. The van der Waals surface area contributed by atoms with Crippen LogP contribution in [0.1, 0.15) is 40.8 Å². The second-order valence-corrected chi connectivity index (χ2v) is 8.73. The minimum atomic E-state index is -0.511. The molecule has 3 aromatic carbocycles. The molecular weight excluding hydrogens is 436 g/mol. The Balaban J connectivity index is 1.75. The summed E-state index contributed by atoms with van der Waals surface area (Å²) in [7, 11) is 3.29. The number of methoxy groups -OCH3 is 2. The highest BCUT2D eigenvalue weighted by Crippen LogP contribution is 2.43. The van der Waals surface area contributed by atoms with Crippen molar-refractivity contribution in [3.63, 3.8) is 0 Å². The third kappa shape index (κ3) is 5.00. The fourth-order valence-corrected chi connectivity index (χ4v) is 4.91. The molecule has 1 aliphatic heterocycles. The number of carbonyl (C=O) groups excluding carboxylic acids is 1. The van der Waals surface area contributed by atoms with Gasteiger partial charge in [0.05, 0.1) is 14.2 Å². The van der Waals surface area contributed by atoms with Crippen molar-refractivity contribution in [1.82, 2.24) is 4.90 Å². The Kier molecular flexibility index (Phi) is 7.21. The van der Waals surface area contributed by atoms with Gasteiger partial charge in [-0.2, -0.15) is 0 Å². The zero-order chi connectivity index (χ0) is 23.4. The van der Waals surface area contributed by atoms with Gasteiger partial charge in [-0.1, -0.05) is 54.1 Å². The molecule has 1 amide bonds. The number of nitrogens with two attached hydrogens (primary N) is 1. The van der Waals surface area contributed by atoms with Gasteiger partial charge in [-0.25, -0.2) is 0 Å². The molecule has 3 aromatic rings. The van der Waals surface area contributed by atoms with Gasteiger partial charge >= 0.3 is 0 Å². The minimum Gasteiger partial charge on any atom is -0.493 e. The highest BCUT2D eigenvalue weighted by Gasteiger charge is 2.36. The van der Waals surface area contributed by atoms with E-state index in [-0.39, 0.29) is 11.9 Å². The number of hydrogen-bond acceptors (Lipinski definition) is 4. The van der Waals surface area contributed by atoms with E-state index in [1.807, 2.05) is 54.6 Å². The zero-order valence-corrected chi connectivity index (χ0v) is 19.7. The maximum Gasteiger partial charge on any atom is 0.239 e. The van der Waals surface area contributed by atoms with E-state index in [2.05, 4.69) is 17.0 Å². The molecule has 5 nitrogen and oxygen atoms in total. The highest BCUT2D eigenvalue weighted by atomic mass is 35.5. The summed E-state index contributed by atoms with van der Waals surface area (Å²) in [6, 6.07) is 21.3. The molecule has 4 rings (SSSR count). The third-order valence-corrected chi connectivity index (χ3v) is 6.63. The number of ether oxygens (including phenoxy) is 2. The molecule has 0 aliphatic carbocycles. The van der Waals surface area contributed by atoms with Crippen LogP contribution in [-0.4, -0.2) is 31.6 Å². The Labute approximate surface area is 200 Å². The Morgan fingerprint density at radius 1 is 1.06 bits per heavy atom. The molecule has 1 heterocycles. The van der Waals surface area contributed by atoms with Crippen molar-refractivity contribution in [3.8, 4) is 11.5 Å². The lowest BCUT2D eigenvalue weighted by atomic mass is 9.86. The van der Waals surface area contributed by atoms with E-state index in [0.29, 0.717) is 5.75 Å². The number of rotatable bonds is 8. The summed E-state index contributed by atoms with van der Waals surface area (Å²) in [5.74, 6) is 1.06. The molecule has 0 radical (unpaired) electrons. The van der Waals surface area contributed by atoms with Crippen LogP contribution in [0.25, 0.3) is 0 Å². The number of carbonyl (C=O) groups is 1. The van der Waals surface area contributed by atoms with Crippen molar-refractivity contribution in [2.45, 2.75) is 31.3 Å². The smallest absolute Gasteiger partial charge is 0.239 e. The fourth-order valence-electron chi connectivity index (χ4n) is 4.79. The van der Waals surface area contributed by atoms with Crippen LogP contribution in [0.2, 0.25) is 5.02 Å². The Morgan fingerprint density at radius 2 is 1.73 bits per heavy atom. The molecule has 0 aromatic heterocycles. The topological polar surface area (TPSA) is 64.8 Å². The summed E-state index contributed by atoms with van der Waals surface area (Å²) < 4.78 is 11.1. The highest BCUT2D eigenvalue weighted by molar-refractivity contribution is 6.30. The van der Waals surface area contributed by atoms with Crippen molar-refractivity contribution >= 4 is 17.5 Å². The lowest BCUT2D eigenvalue weighted by Gasteiger charge is -2.41. The van der Waals surface area contributed by atoms with Gasteiger partial charge in [0.2, 0.25) is 5.91 Å². The standard InChI is InChI=1S/C27H29ClN2O3/c1-32-24-16-20-14-15-30(26(27(29)31)19-6-4-3-5-7-19)23(22(20)17-25(24)33-2)13-10-18-8-11-21(28)12-9-18/h3-9,11-12,16-17,23,26H,10,13-15H2,1-2H3,(H2,29,31). The SMILES string of the molecule is COc1cc2c(cc1OC)C(CCc1ccc(Cl)cc1)N(C(C(N)=O)c1ccccc1)CC2. The van der Waals surface area contributed by atoms with Crippen LogP contribution >= 0.6 is 11.6 Å². The predicted octanol–water partition coefficient (Wildman–Crippen LogP) is 5.12. The molecule has 2 atom stereocenters. The lowest BCUT2D eigenvalue weighted by Crippen LogP contribution is -2.44. The van der Waals surface area contributed by atoms with Crippen LogP contribution in [0.3, 0.4) is 0 Å². The first kappa shape index (κ1) is 23.1. The Bertz CT molecular complexity index is 1100. The van der Waals surface area contributed by atoms with E-state index in [1.54, 1.807) is 14.2 Å². The first-order valence-electron chi connectivity index (χ1n) is 11.1. The summed E-state index contributed by atoms with van der Waals surface area (Å²) in [6.07, 6.45) is 2.46. The second-order valence-electron chi connectivity index (χ2n) is 8.29. The average molecular weight is 465 g/mol. The van der Waals surface area contributed by atoms with Gasteiger partial charge in [-0.3, -0.25) is 9.69 Å². The van der Waals surface area contributed by atoms with Gasteiger partial charge in [0.1, 0.15) is 6.04 Å². The Morgan fingerprint density at radius 3 is 2.36 bits per heavy atom. The number of fused-ring (bicyclic) bond motifs is 1. The van der Waals surface area contributed by atoms with Gasteiger partial charge in [-0.05, 0) is 65.8 Å². The van der Waals surface area contributed by atoms with E-state index in [1.165, 1.54) is 11.1 Å².